The van der Waals surface area contributed by atoms with Crippen LogP contribution in [0.3, 0.4) is 0 Å². The van der Waals surface area contributed by atoms with Crippen LogP contribution in [0.4, 0.5) is 0 Å². The number of rotatable bonds is 4. The van der Waals surface area contributed by atoms with Crippen LogP contribution in [-0.2, 0) is 9.59 Å². The Kier molecular flexibility index (Phi) is 7.70. The number of aliphatic carboxylic acids is 2. The molecule has 0 aromatic heterocycles. The van der Waals surface area contributed by atoms with Gasteiger partial charge in [0.2, 0.25) is 0 Å². The molecule has 0 saturated heterocycles. The Morgan fingerprint density at radius 2 is 1.91 bits per heavy atom. The molecule has 0 fully saturated rings. The molecule has 0 radical (unpaired) electrons. The first kappa shape index (κ1) is 13.3. The van der Waals surface area contributed by atoms with Crippen LogP contribution in [0.25, 0.3) is 0 Å². The third-order valence-corrected chi connectivity index (χ3v) is 0.986. The minimum atomic E-state index is -1.17. The third kappa shape index (κ3) is 7.56. The van der Waals surface area contributed by atoms with E-state index in [-0.39, 0.29) is 38.7 Å². The van der Waals surface area contributed by atoms with E-state index in [0.29, 0.717) is 0 Å². The van der Waals surface area contributed by atoms with Crippen LogP contribution >= 0.6 is 0 Å². The van der Waals surface area contributed by atoms with Gasteiger partial charge in [-0.25, -0.2) is 0 Å². The summed E-state index contributed by atoms with van der Waals surface area (Å²) in [6.07, 6.45) is -0.224. The van der Waals surface area contributed by atoms with Gasteiger partial charge >= 0.3 is 35.0 Å². The average Bonchev–Trinajstić information content (AvgIpc) is 1.82. The molecule has 11 heavy (non-hydrogen) atoms. The Bertz CT molecular complexity index is 157. The second-order valence-corrected chi connectivity index (χ2v) is 1.88. The number of carbonyl (C=O) groups is 2. The molecule has 0 heterocycles. The molecule has 5 nitrogen and oxygen atoms in total. The number of hydrogen-bond acceptors (Lipinski definition) is 3. The second kappa shape index (κ2) is 6.38. The molecule has 4 N–H and O–H groups in total. The molecule has 0 spiro atoms. The van der Waals surface area contributed by atoms with Gasteiger partial charge in [0, 0.05) is 6.42 Å². The van der Waals surface area contributed by atoms with Crippen molar-refractivity contribution in [2.45, 2.75) is 18.9 Å². The van der Waals surface area contributed by atoms with Gasteiger partial charge < -0.3 is 18.8 Å². The third-order valence-electron chi connectivity index (χ3n) is 0.986. The van der Waals surface area contributed by atoms with E-state index >= 15 is 0 Å². The Morgan fingerprint density at radius 3 is 2.18 bits per heavy atom. The largest absolute Gasteiger partial charge is 2.00 e. The summed E-state index contributed by atoms with van der Waals surface area (Å²) in [7, 11) is 0. The van der Waals surface area contributed by atoms with Gasteiger partial charge in [0.15, 0.2) is 0 Å². The molecule has 0 saturated carbocycles. The van der Waals surface area contributed by atoms with E-state index < -0.39 is 18.0 Å². The molecular weight excluding hydrogens is 162 g/mol. The maximum atomic E-state index is 9.99. The maximum absolute atomic E-state index is 9.99. The van der Waals surface area contributed by atoms with Gasteiger partial charge in [0.05, 0.1) is 0 Å². The predicted octanol–water partition coefficient (Wildman–Crippen LogP) is -0.893. The van der Waals surface area contributed by atoms with Crippen molar-refractivity contribution in [1.82, 2.24) is 0 Å². The minimum Gasteiger partial charge on any atom is -1.00 e. The van der Waals surface area contributed by atoms with Gasteiger partial charge in [-0.15, -0.1) is 0 Å². The fourth-order valence-corrected chi connectivity index (χ4v) is 0.402. The molecule has 0 bridgehead atoms. The summed E-state index contributed by atoms with van der Waals surface area (Å²) in [5.41, 5.74) is 5.00. The maximum Gasteiger partial charge on any atom is 2.00 e. The molecule has 1 unspecified atom stereocenters. The Morgan fingerprint density at radius 1 is 1.45 bits per heavy atom. The van der Waals surface area contributed by atoms with Crippen molar-refractivity contribution in [2.24, 2.45) is 5.73 Å². The van der Waals surface area contributed by atoms with Crippen molar-refractivity contribution in [3.05, 3.63) is 0 Å². The summed E-state index contributed by atoms with van der Waals surface area (Å²) in [4.78, 5) is 19.9. The average molecular weight is 173 g/mol. The molecule has 0 rings (SSSR count). The van der Waals surface area contributed by atoms with E-state index in [9.17, 15) is 9.59 Å². The SMILES string of the molecule is NC(CCC(=O)O)C(=O)O.[H-].[H-].[Mg+2]. The van der Waals surface area contributed by atoms with E-state index in [2.05, 4.69) is 0 Å². The van der Waals surface area contributed by atoms with E-state index in [1.165, 1.54) is 0 Å². The summed E-state index contributed by atoms with van der Waals surface area (Å²) in [6, 6.07) is -1.06. The van der Waals surface area contributed by atoms with Crippen LogP contribution in [0.5, 0.6) is 0 Å². The minimum absolute atomic E-state index is 0. The van der Waals surface area contributed by atoms with Crippen LogP contribution in [0.2, 0.25) is 0 Å². The zero-order chi connectivity index (χ0) is 8.15. The summed E-state index contributed by atoms with van der Waals surface area (Å²) in [5, 5.41) is 16.3. The predicted molar refractivity (Wildman–Crippen MR) is 40.5 cm³/mol. The van der Waals surface area contributed by atoms with Gasteiger partial charge in [0.25, 0.3) is 0 Å². The van der Waals surface area contributed by atoms with Crippen LogP contribution < -0.4 is 5.73 Å². The monoisotopic (exact) mass is 173 g/mol. The van der Waals surface area contributed by atoms with Gasteiger partial charge in [-0.05, 0) is 6.42 Å². The second-order valence-electron chi connectivity index (χ2n) is 1.88. The zero-order valence-corrected chi connectivity index (χ0v) is 7.40. The quantitative estimate of drug-likeness (QED) is 0.479. The molecule has 6 heteroatoms. The Balaban J connectivity index is -0.000000135. The van der Waals surface area contributed by atoms with E-state index in [1.54, 1.807) is 0 Å². The molecule has 62 valence electrons. The van der Waals surface area contributed by atoms with E-state index in [4.69, 9.17) is 15.9 Å². The van der Waals surface area contributed by atoms with Crippen LogP contribution in [0.1, 0.15) is 15.7 Å². The van der Waals surface area contributed by atoms with Crippen molar-refractivity contribution in [3.8, 4) is 0 Å². The fourth-order valence-electron chi connectivity index (χ4n) is 0.402. The topological polar surface area (TPSA) is 101 Å². The van der Waals surface area contributed by atoms with Crippen molar-refractivity contribution < 1.29 is 22.7 Å². The molecule has 0 aliphatic rings. The molecule has 0 aromatic carbocycles. The van der Waals surface area contributed by atoms with Crippen molar-refractivity contribution in [2.75, 3.05) is 0 Å². The molecule has 0 aliphatic carbocycles. The number of hydrogen-bond donors (Lipinski definition) is 3. The first-order valence-electron chi connectivity index (χ1n) is 2.74. The Labute approximate surface area is 82.7 Å². The first-order valence-corrected chi connectivity index (χ1v) is 2.74. The van der Waals surface area contributed by atoms with E-state index in [1.807, 2.05) is 0 Å². The van der Waals surface area contributed by atoms with Crippen LogP contribution in [0.15, 0.2) is 0 Å². The smallest absolute Gasteiger partial charge is 1.00 e. The summed E-state index contributed by atoms with van der Waals surface area (Å²) >= 11 is 0. The normalized spacial score (nSPS) is 11.4. The molecule has 0 aliphatic heterocycles. The summed E-state index contributed by atoms with van der Waals surface area (Å²) < 4.78 is 0. The standard InChI is InChI=1S/C5H9NO4.Mg.2H/c6-3(5(9)10)1-2-4(7)8;;;/h3H,1-2,6H2,(H,7,8)(H,9,10);;;/q;+2;2*-1. The van der Waals surface area contributed by atoms with Crippen molar-refractivity contribution >= 4 is 35.0 Å². The molecule has 1 atom stereocenters. The van der Waals surface area contributed by atoms with E-state index in [0.717, 1.165) is 0 Å². The Hall–Kier alpha value is -0.334. The number of carboxylic acid groups (broad SMARTS) is 2. The van der Waals surface area contributed by atoms with Crippen molar-refractivity contribution in [3.63, 3.8) is 0 Å². The summed E-state index contributed by atoms with van der Waals surface area (Å²) in [5.74, 6) is -2.20. The molecule has 0 aromatic rings. The van der Waals surface area contributed by atoms with Gasteiger partial charge in [0.1, 0.15) is 6.04 Å². The number of nitrogens with two attached hydrogens (primary N) is 1. The molecular formula is C5H11MgNO4. The van der Waals surface area contributed by atoms with Gasteiger partial charge in [-0.1, -0.05) is 0 Å². The van der Waals surface area contributed by atoms with Gasteiger partial charge in [-0.2, -0.15) is 0 Å². The van der Waals surface area contributed by atoms with Crippen LogP contribution in [0, 0.1) is 0 Å². The van der Waals surface area contributed by atoms with Gasteiger partial charge in [-0.3, -0.25) is 9.59 Å². The van der Waals surface area contributed by atoms with Crippen LogP contribution in [-0.4, -0.2) is 51.2 Å². The molecule has 0 amide bonds. The fraction of sp³-hybridized carbons (Fsp3) is 0.600. The van der Waals surface area contributed by atoms with Crippen molar-refractivity contribution in [1.29, 1.82) is 0 Å². The number of carboxylic acids is 2. The summed E-state index contributed by atoms with van der Waals surface area (Å²) in [6.45, 7) is 0. The first-order chi connectivity index (χ1) is 4.54. The zero-order valence-electron chi connectivity index (χ0n) is 7.99.